The average molecular weight is 245 g/mol. The maximum absolute atomic E-state index is 5.38. The second-order valence-corrected chi connectivity index (χ2v) is 4.41. The molecule has 0 spiro atoms. The third kappa shape index (κ3) is 2.74. The van der Waals surface area contributed by atoms with Crippen LogP contribution in [-0.4, -0.2) is 7.11 Å². The van der Waals surface area contributed by atoms with E-state index in [2.05, 4.69) is 25.2 Å². The second kappa shape index (κ2) is 5.74. The molecule has 0 aliphatic rings. The minimum atomic E-state index is 0.214. The van der Waals surface area contributed by atoms with Gasteiger partial charge in [-0.2, -0.15) is 0 Å². The van der Waals surface area contributed by atoms with Crippen LogP contribution in [0.3, 0.4) is 0 Å². The highest BCUT2D eigenvalue weighted by molar-refractivity contribution is 5.35. The van der Waals surface area contributed by atoms with Crippen LogP contribution in [0.1, 0.15) is 37.1 Å². The molecule has 18 heavy (non-hydrogen) atoms. The molecule has 1 unspecified atom stereocenters. The van der Waals surface area contributed by atoms with Crippen LogP contribution in [-0.2, 0) is 0 Å². The van der Waals surface area contributed by atoms with Gasteiger partial charge in [-0.3, -0.25) is 0 Å². The van der Waals surface area contributed by atoms with Gasteiger partial charge in [0.15, 0.2) is 0 Å². The monoisotopic (exact) mass is 245 g/mol. The van der Waals surface area contributed by atoms with E-state index < -0.39 is 0 Å². The Hall–Kier alpha value is -1.74. The molecule has 3 nitrogen and oxygen atoms in total. The number of hydrogen-bond donors (Lipinski definition) is 1. The van der Waals surface area contributed by atoms with Crippen LogP contribution < -0.4 is 10.1 Å². The molecule has 0 fully saturated rings. The second-order valence-electron chi connectivity index (χ2n) is 4.41. The van der Waals surface area contributed by atoms with Crippen LogP contribution >= 0.6 is 0 Å². The highest BCUT2D eigenvalue weighted by Gasteiger charge is 2.14. The van der Waals surface area contributed by atoms with Crippen molar-refractivity contribution in [1.82, 2.24) is 5.32 Å². The Bertz CT molecular complexity index is 479. The quantitative estimate of drug-likeness (QED) is 0.872. The van der Waals surface area contributed by atoms with Crippen LogP contribution in [0.15, 0.2) is 47.3 Å². The van der Waals surface area contributed by atoms with Crippen molar-refractivity contribution in [3.8, 4) is 5.75 Å². The molecule has 1 N–H and O–H groups in total. The zero-order valence-corrected chi connectivity index (χ0v) is 11.0. The van der Waals surface area contributed by atoms with E-state index >= 15 is 0 Å². The van der Waals surface area contributed by atoms with E-state index in [0.29, 0.717) is 0 Å². The minimum Gasteiger partial charge on any atom is -0.496 e. The maximum Gasteiger partial charge on any atom is 0.123 e. The van der Waals surface area contributed by atoms with Gasteiger partial charge in [-0.1, -0.05) is 18.2 Å². The van der Waals surface area contributed by atoms with Crippen LogP contribution in [0.5, 0.6) is 5.75 Å². The molecule has 0 aliphatic carbocycles. The molecule has 0 saturated carbocycles. The molecule has 96 valence electrons. The fraction of sp³-hybridized carbons (Fsp3) is 0.333. The predicted molar refractivity (Wildman–Crippen MR) is 71.7 cm³/mol. The summed E-state index contributed by atoms with van der Waals surface area (Å²) in [7, 11) is 1.70. The summed E-state index contributed by atoms with van der Waals surface area (Å²) >= 11 is 0. The molecule has 0 amide bonds. The van der Waals surface area contributed by atoms with E-state index in [1.807, 2.05) is 24.3 Å². The standard InChI is InChI=1S/C15H19NO2/c1-11(13-8-9-18-10-13)16-12(2)14-6-4-5-7-15(14)17-3/h4-12,16H,1-3H3/t11?,12-/m0/s1. The summed E-state index contributed by atoms with van der Waals surface area (Å²) in [5, 5.41) is 3.53. The summed E-state index contributed by atoms with van der Waals surface area (Å²) in [4.78, 5) is 0. The zero-order valence-electron chi connectivity index (χ0n) is 11.0. The van der Waals surface area contributed by atoms with Crippen molar-refractivity contribution in [3.63, 3.8) is 0 Å². The summed E-state index contributed by atoms with van der Waals surface area (Å²) in [6.45, 7) is 4.26. The normalized spacial score (nSPS) is 14.2. The maximum atomic E-state index is 5.38. The average Bonchev–Trinajstić information content (AvgIpc) is 2.92. The topological polar surface area (TPSA) is 34.4 Å². The van der Waals surface area contributed by atoms with E-state index in [1.165, 1.54) is 0 Å². The lowest BCUT2D eigenvalue weighted by Gasteiger charge is -2.21. The number of furan rings is 1. The van der Waals surface area contributed by atoms with Crippen molar-refractivity contribution >= 4 is 0 Å². The summed E-state index contributed by atoms with van der Waals surface area (Å²) in [6.07, 6.45) is 3.47. The molecule has 3 heteroatoms. The molecule has 0 bridgehead atoms. The first-order valence-corrected chi connectivity index (χ1v) is 6.13. The van der Waals surface area contributed by atoms with Crippen molar-refractivity contribution in [2.24, 2.45) is 0 Å². The van der Waals surface area contributed by atoms with E-state index in [0.717, 1.165) is 16.9 Å². The molecule has 1 aromatic carbocycles. The van der Waals surface area contributed by atoms with Crippen LogP contribution in [0.2, 0.25) is 0 Å². The molecule has 1 aromatic heterocycles. The van der Waals surface area contributed by atoms with Gasteiger partial charge in [0.05, 0.1) is 19.6 Å². The van der Waals surface area contributed by atoms with Crippen molar-refractivity contribution in [2.45, 2.75) is 25.9 Å². The number of nitrogens with one attached hydrogen (secondary N) is 1. The van der Waals surface area contributed by atoms with E-state index in [1.54, 1.807) is 19.6 Å². The van der Waals surface area contributed by atoms with Crippen LogP contribution in [0.25, 0.3) is 0 Å². The Morgan fingerprint density at radius 3 is 2.56 bits per heavy atom. The number of methoxy groups -OCH3 is 1. The number of benzene rings is 1. The number of para-hydroxylation sites is 1. The Morgan fingerprint density at radius 1 is 1.11 bits per heavy atom. The molecule has 0 radical (unpaired) electrons. The SMILES string of the molecule is COc1ccccc1[C@H](C)NC(C)c1ccoc1. The van der Waals surface area contributed by atoms with Gasteiger partial charge in [-0.05, 0) is 26.0 Å². The summed E-state index contributed by atoms with van der Waals surface area (Å²) < 4.78 is 10.5. The van der Waals surface area contributed by atoms with Crippen molar-refractivity contribution in [3.05, 3.63) is 54.0 Å². The Kier molecular flexibility index (Phi) is 4.05. The van der Waals surface area contributed by atoms with Gasteiger partial charge < -0.3 is 14.5 Å². The lowest BCUT2D eigenvalue weighted by Crippen LogP contribution is -2.22. The highest BCUT2D eigenvalue weighted by Crippen LogP contribution is 2.26. The first-order chi connectivity index (χ1) is 8.72. The van der Waals surface area contributed by atoms with Gasteiger partial charge >= 0.3 is 0 Å². The third-order valence-corrected chi connectivity index (χ3v) is 3.15. The molecule has 2 atom stereocenters. The van der Waals surface area contributed by atoms with Gasteiger partial charge in [-0.15, -0.1) is 0 Å². The first kappa shape index (κ1) is 12.7. The predicted octanol–water partition coefficient (Wildman–Crippen LogP) is 3.70. The van der Waals surface area contributed by atoms with E-state index in [-0.39, 0.29) is 12.1 Å². The van der Waals surface area contributed by atoms with Gasteiger partial charge in [0.2, 0.25) is 0 Å². The van der Waals surface area contributed by atoms with Crippen molar-refractivity contribution in [2.75, 3.05) is 7.11 Å². The largest absolute Gasteiger partial charge is 0.496 e. The van der Waals surface area contributed by atoms with E-state index in [9.17, 15) is 0 Å². The third-order valence-electron chi connectivity index (χ3n) is 3.15. The first-order valence-electron chi connectivity index (χ1n) is 6.13. The lowest BCUT2D eigenvalue weighted by molar-refractivity contribution is 0.396. The smallest absolute Gasteiger partial charge is 0.123 e. The van der Waals surface area contributed by atoms with Crippen LogP contribution in [0.4, 0.5) is 0 Å². The number of rotatable bonds is 5. The van der Waals surface area contributed by atoms with E-state index in [4.69, 9.17) is 9.15 Å². The number of ether oxygens (including phenoxy) is 1. The van der Waals surface area contributed by atoms with Gasteiger partial charge in [-0.25, -0.2) is 0 Å². The van der Waals surface area contributed by atoms with Crippen molar-refractivity contribution in [1.29, 1.82) is 0 Å². The summed E-state index contributed by atoms with van der Waals surface area (Å²) in [5.41, 5.74) is 2.31. The lowest BCUT2D eigenvalue weighted by atomic mass is 10.0. The molecule has 0 aliphatic heterocycles. The Morgan fingerprint density at radius 2 is 1.89 bits per heavy atom. The molecular weight excluding hydrogens is 226 g/mol. The highest BCUT2D eigenvalue weighted by atomic mass is 16.5. The minimum absolute atomic E-state index is 0.214. The Labute approximate surface area is 108 Å². The van der Waals surface area contributed by atoms with Gasteiger partial charge in [0.25, 0.3) is 0 Å². The van der Waals surface area contributed by atoms with Gasteiger partial charge in [0, 0.05) is 23.2 Å². The summed E-state index contributed by atoms with van der Waals surface area (Å²) in [6, 6.07) is 10.5. The van der Waals surface area contributed by atoms with Crippen molar-refractivity contribution < 1.29 is 9.15 Å². The molecule has 1 heterocycles. The molecule has 0 saturated heterocycles. The van der Waals surface area contributed by atoms with Crippen LogP contribution in [0, 0.1) is 0 Å². The fourth-order valence-corrected chi connectivity index (χ4v) is 2.11. The molecular formula is C15H19NO2. The summed E-state index contributed by atoms with van der Waals surface area (Å²) in [5.74, 6) is 0.914. The van der Waals surface area contributed by atoms with Gasteiger partial charge in [0.1, 0.15) is 5.75 Å². The molecule has 2 aromatic rings. The molecule has 2 rings (SSSR count). The fourth-order valence-electron chi connectivity index (χ4n) is 2.11. The zero-order chi connectivity index (χ0) is 13.0. The Balaban J connectivity index is 2.09. The number of hydrogen-bond acceptors (Lipinski definition) is 3.